The Morgan fingerprint density at radius 2 is 1.89 bits per heavy atom. The first kappa shape index (κ1) is 23.2. The summed E-state index contributed by atoms with van der Waals surface area (Å²) in [5.41, 5.74) is 9.03. The van der Waals surface area contributed by atoms with Gasteiger partial charge in [-0.25, -0.2) is 9.97 Å². The predicted molar refractivity (Wildman–Crippen MR) is 141 cm³/mol. The maximum absolute atomic E-state index is 13.0. The molecule has 0 saturated carbocycles. The standard InChI is InChI=1S/C29H28N6O2/c1-3-7-23(36)35-21-16-22(32-17-21)25(35)28-33-24(26-27(30)31-14-15-34(26)28)18-10-12-20(13-11-18)29(2,37)19-8-5-4-6-9-19/h4-6,8-15,21-22,25,32,37H,16-17H2,1-2H3,(H2,30,31)/t21-,22-,25?,29?/m0/s1. The lowest BCUT2D eigenvalue weighted by atomic mass is 9.87. The lowest BCUT2D eigenvalue weighted by Crippen LogP contribution is -2.49. The Morgan fingerprint density at radius 3 is 2.62 bits per heavy atom. The highest BCUT2D eigenvalue weighted by atomic mass is 16.3. The van der Waals surface area contributed by atoms with Crippen molar-refractivity contribution in [3.63, 3.8) is 0 Å². The summed E-state index contributed by atoms with van der Waals surface area (Å²) in [7, 11) is 0. The quantitative estimate of drug-likeness (QED) is 0.378. The molecular weight excluding hydrogens is 464 g/mol. The van der Waals surface area contributed by atoms with Gasteiger partial charge in [0.25, 0.3) is 5.91 Å². The van der Waals surface area contributed by atoms with E-state index in [1.54, 1.807) is 20.0 Å². The van der Waals surface area contributed by atoms with Crippen LogP contribution < -0.4 is 11.1 Å². The first-order chi connectivity index (χ1) is 17.9. The molecule has 2 fully saturated rings. The third kappa shape index (κ3) is 3.67. The lowest BCUT2D eigenvalue weighted by Gasteiger charge is -2.33. The molecule has 37 heavy (non-hydrogen) atoms. The fourth-order valence-corrected chi connectivity index (χ4v) is 5.77. The van der Waals surface area contributed by atoms with Crippen LogP contribution in [0.2, 0.25) is 0 Å². The number of nitrogens with two attached hydrogens (primary N) is 1. The van der Waals surface area contributed by atoms with Crippen LogP contribution in [-0.4, -0.2) is 48.9 Å². The molecule has 0 spiro atoms. The molecular formula is C29H28N6O2. The van der Waals surface area contributed by atoms with E-state index in [0.717, 1.165) is 35.5 Å². The molecule has 2 unspecified atom stereocenters. The number of aromatic nitrogens is 3. The van der Waals surface area contributed by atoms with Gasteiger partial charge >= 0.3 is 0 Å². The third-order valence-electron chi connectivity index (χ3n) is 7.61. The molecule has 4 heterocycles. The summed E-state index contributed by atoms with van der Waals surface area (Å²) in [5.74, 6) is 6.36. The molecule has 0 radical (unpaired) electrons. The van der Waals surface area contributed by atoms with Crippen LogP contribution >= 0.6 is 0 Å². The van der Waals surface area contributed by atoms with Crippen LogP contribution in [0.4, 0.5) is 5.82 Å². The van der Waals surface area contributed by atoms with E-state index in [4.69, 9.17) is 10.7 Å². The van der Waals surface area contributed by atoms with E-state index in [-0.39, 0.29) is 24.0 Å². The van der Waals surface area contributed by atoms with E-state index in [2.05, 4.69) is 22.1 Å². The van der Waals surface area contributed by atoms with Gasteiger partial charge in [-0.05, 0) is 37.3 Å². The van der Waals surface area contributed by atoms with E-state index in [1.165, 1.54) is 0 Å². The van der Waals surface area contributed by atoms with E-state index in [0.29, 0.717) is 17.0 Å². The van der Waals surface area contributed by atoms with Crippen molar-refractivity contribution in [1.82, 2.24) is 24.6 Å². The van der Waals surface area contributed by atoms with E-state index < -0.39 is 5.60 Å². The Bertz CT molecular complexity index is 1550. The largest absolute Gasteiger partial charge is 0.382 e. The van der Waals surface area contributed by atoms with Crippen LogP contribution in [-0.2, 0) is 10.4 Å². The Balaban J connectivity index is 1.44. The van der Waals surface area contributed by atoms with Crippen molar-refractivity contribution in [1.29, 1.82) is 0 Å². The van der Waals surface area contributed by atoms with Gasteiger partial charge in [0, 0.05) is 36.6 Å². The zero-order chi connectivity index (χ0) is 25.7. The molecule has 2 aliphatic heterocycles. The Labute approximate surface area is 215 Å². The van der Waals surface area contributed by atoms with Crippen molar-refractivity contribution in [2.45, 2.75) is 44.0 Å². The number of carbonyl (C=O) groups excluding carboxylic acids is 1. The average Bonchev–Trinajstić information content (AvgIpc) is 3.63. The molecule has 0 aliphatic carbocycles. The van der Waals surface area contributed by atoms with E-state index in [9.17, 15) is 9.90 Å². The molecule has 4 N–H and O–H groups in total. The molecule has 2 aliphatic rings. The molecule has 4 atom stereocenters. The highest BCUT2D eigenvalue weighted by molar-refractivity contribution is 5.94. The second kappa shape index (κ2) is 8.73. The summed E-state index contributed by atoms with van der Waals surface area (Å²) >= 11 is 0. The lowest BCUT2D eigenvalue weighted by molar-refractivity contribution is -0.129. The van der Waals surface area contributed by atoms with Gasteiger partial charge in [0.05, 0.1) is 0 Å². The smallest absolute Gasteiger partial charge is 0.299 e. The molecule has 2 bridgehead atoms. The number of imidazole rings is 1. The number of nitrogens with zero attached hydrogens (tertiary/aromatic N) is 4. The summed E-state index contributed by atoms with van der Waals surface area (Å²) in [4.78, 5) is 24.2. The van der Waals surface area contributed by atoms with Crippen LogP contribution in [0.15, 0.2) is 67.0 Å². The van der Waals surface area contributed by atoms with Gasteiger partial charge in [-0.3, -0.25) is 9.20 Å². The summed E-state index contributed by atoms with van der Waals surface area (Å²) in [6.45, 7) is 4.21. The van der Waals surface area contributed by atoms with Gasteiger partial charge < -0.3 is 21.1 Å². The third-order valence-corrected chi connectivity index (χ3v) is 7.61. The topological polar surface area (TPSA) is 109 Å². The second-order valence-electron chi connectivity index (χ2n) is 9.80. The summed E-state index contributed by atoms with van der Waals surface area (Å²) in [5, 5.41) is 14.8. The van der Waals surface area contributed by atoms with Crippen molar-refractivity contribution in [2.24, 2.45) is 0 Å². The summed E-state index contributed by atoms with van der Waals surface area (Å²) in [6.07, 6.45) is 4.35. The second-order valence-corrected chi connectivity index (χ2v) is 9.80. The van der Waals surface area contributed by atoms with Gasteiger partial charge in [0.15, 0.2) is 0 Å². The number of fused-ring (bicyclic) bond motifs is 3. The molecule has 1 amide bonds. The summed E-state index contributed by atoms with van der Waals surface area (Å²) < 4.78 is 1.94. The number of amides is 1. The highest BCUT2D eigenvalue weighted by Gasteiger charge is 2.50. The molecule has 2 aromatic heterocycles. The van der Waals surface area contributed by atoms with Crippen LogP contribution in [0.3, 0.4) is 0 Å². The zero-order valence-electron chi connectivity index (χ0n) is 20.7. The SMILES string of the molecule is CC#CC(=O)N1C(c2nc(-c3ccc(C(C)(O)c4ccccc4)cc3)c3c(N)nccn23)[C@@H]2C[C@H]1CN2. The number of benzene rings is 2. The minimum absolute atomic E-state index is 0.0813. The van der Waals surface area contributed by atoms with Crippen LogP contribution in [0, 0.1) is 11.8 Å². The highest BCUT2D eigenvalue weighted by Crippen LogP contribution is 2.42. The fourth-order valence-electron chi connectivity index (χ4n) is 5.77. The molecule has 2 saturated heterocycles. The van der Waals surface area contributed by atoms with Gasteiger partial charge in [0.1, 0.15) is 34.5 Å². The summed E-state index contributed by atoms with van der Waals surface area (Å²) in [6, 6.07) is 17.2. The number of aliphatic hydroxyl groups is 1. The van der Waals surface area contributed by atoms with Gasteiger partial charge in [-0.2, -0.15) is 0 Å². The van der Waals surface area contributed by atoms with Crippen molar-refractivity contribution in [3.8, 4) is 23.1 Å². The maximum Gasteiger partial charge on any atom is 0.299 e. The number of carbonyl (C=O) groups is 1. The van der Waals surface area contributed by atoms with Crippen molar-refractivity contribution < 1.29 is 9.90 Å². The zero-order valence-corrected chi connectivity index (χ0v) is 20.7. The fraction of sp³-hybridized carbons (Fsp3) is 0.276. The van der Waals surface area contributed by atoms with Gasteiger partial charge in [0.2, 0.25) is 0 Å². The number of likely N-dealkylation sites (tertiary alicyclic amines) is 1. The van der Waals surface area contributed by atoms with E-state index >= 15 is 0 Å². The Hall–Kier alpha value is -4.19. The first-order valence-corrected chi connectivity index (χ1v) is 12.4. The van der Waals surface area contributed by atoms with Crippen LogP contribution in [0.1, 0.15) is 43.3 Å². The number of anilines is 1. The Morgan fingerprint density at radius 1 is 1.16 bits per heavy atom. The minimum atomic E-state index is -1.14. The first-order valence-electron chi connectivity index (χ1n) is 12.4. The molecule has 8 heteroatoms. The number of nitrogen functional groups attached to an aromatic ring is 1. The number of rotatable bonds is 4. The van der Waals surface area contributed by atoms with Gasteiger partial charge in [-0.1, -0.05) is 60.5 Å². The minimum Gasteiger partial charge on any atom is -0.382 e. The van der Waals surface area contributed by atoms with Crippen LogP contribution in [0.5, 0.6) is 0 Å². The molecule has 6 rings (SSSR count). The molecule has 4 aromatic rings. The number of piperazine rings is 1. The average molecular weight is 493 g/mol. The molecule has 2 aromatic carbocycles. The van der Waals surface area contributed by atoms with Crippen LogP contribution in [0.25, 0.3) is 16.8 Å². The van der Waals surface area contributed by atoms with Crippen molar-refractivity contribution in [3.05, 3.63) is 83.9 Å². The number of nitrogens with one attached hydrogen (secondary N) is 1. The van der Waals surface area contributed by atoms with Crippen molar-refractivity contribution >= 4 is 17.2 Å². The molecule has 8 nitrogen and oxygen atoms in total. The Kier molecular flexibility index (Phi) is 5.48. The number of hydrogen-bond donors (Lipinski definition) is 3. The van der Waals surface area contributed by atoms with Crippen molar-refractivity contribution in [2.75, 3.05) is 12.3 Å². The van der Waals surface area contributed by atoms with E-state index in [1.807, 2.05) is 70.1 Å². The molecule has 186 valence electrons. The maximum atomic E-state index is 13.0. The van der Waals surface area contributed by atoms with Gasteiger partial charge in [-0.15, -0.1) is 0 Å². The monoisotopic (exact) mass is 492 g/mol. The predicted octanol–water partition coefficient (Wildman–Crippen LogP) is 2.87. The number of hydrogen-bond acceptors (Lipinski definition) is 6. The normalized spacial score (nSPS) is 22.0.